The molecule has 2 rings (SSSR count). The van der Waals surface area contributed by atoms with Crippen molar-refractivity contribution in [2.24, 2.45) is 0 Å². The predicted molar refractivity (Wildman–Crippen MR) is 108 cm³/mol. The fourth-order valence-corrected chi connectivity index (χ4v) is 2.69. The maximum Gasteiger partial charge on any atom is 0.342 e. The van der Waals surface area contributed by atoms with Crippen LogP contribution in [0.4, 0.5) is 0 Å². The maximum atomic E-state index is 12.3. The van der Waals surface area contributed by atoms with E-state index in [4.69, 9.17) is 9.47 Å². The van der Waals surface area contributed by atoms with Gasteiger partial charge in [-0.3, -0.25) is 0 Å². The van der Waals surface area contributed by atoms with Crippen molar-refractivity contribution in [2.45, 2.75) is 20.3 Å². The number of carbonyl (C=O) groups excluding carboxylic acids is 1. The summed E-state index contributed by atoms with van der Waals surface area (Å²) in [5.74, 6) is -0.649. The van der Waals surface area contributed by atoms with E-state index in [2.05, 4.69) is 0 Å². The molecule has 148 valence electrons. The second kappa shape index (κ2) is 8.99. The van der Waals surface area contributed by atoms with E-state index in [1.807, 2.05) is 19.9 Å². The summed E-state index contributed by atoms with van der Waals surface area (Å²) in [4.78, 5) is 12.3. The van der Waals surface area contributed by atoms with Gasteiger partial charge < -0.3 is 24.8 Å². The number of phenols is 3. The maximum absolute atomic E-state index is 12.3. The van der Waals surface area contributed by atoms with Crippen molar-refractivity contribution in [1.82, 2.24) is 0 Å². The second-order valence-electron chi connectivity index (χ2n) is 6.42. The van der Waals surface area contributed by atoms with Crippen molar-refractivity contribution in [3.63, 3.8) is 0 Å². The second-order valence-corrected chi connectivity index (χ2v) is 6.42. The Kier molecular flexibility index (Phi) is 6.71. The Morgan fingerprint density at radius 3 is 2.29 bits per heavy atom. The third-order valence-electron chi connectivity index (χ3n) is 4.18. The molecule has 0 aliphatic rings. The molecule has 0 aliphatic heterocycles. The van der Waals surface area contributed by atoms with Crippen LogP contribution in [0.5, 0.6) is 23.0 Å². The van der Waals surface area contributed by atoms with Gasteiger partial charge in [-0.1, -0.05) is 23.8 Å². The summed E-state index contributed by atoms with van der Waals surface area (Å²) in [6.07, 6.45) is 5.43. The van der Waals surface area contributed by atoms with Crippen LogP contribution in [0.1, 0.15) is 40.9 Å². The molecule has 2 aromatic carbocycles. The summed E-state index contributed by atoms with van der Waals surface area (Å²) in [7, 11) is 2.72. The first kappa shape index (κ1) is 20.9. The van der Waals surface area contributed by atoms with Crippen molar-refractivity contribution in [1.29, 1.82) is 0 Å². The summed E-state index contributed by atoms with van der Waals surface area (Å²) < 4.78 is 10.2. The zero-order valence-corrected chi connectivity index (χ0v) is 16.3. The number of esters is 1. The van der Waals surface area contributed by atoms with Crippen LogP contribution in [0, 0.1) is 0 Å². The Hall–Kier alpha value is -3.41. The number of hydrogen-bond acceptors (Lipinski definition) is 6. The van der Waals surface area contributed by atoms with E-state index >= 15 is 0 Å². The summed E-state index contributed by atoms with van der Waals surface area (Å²) in [5.41, 5.74) is 2.35. The van der Waals surface area contributed by atoms with Crippen LogP contribution in [-0.2, 0) is 11.2 Å². The number of aromatic hydroxyl groups is 3. The number of hydrogen-bond donors (Lipinski definition) is 3. The van der Waals surface area contributed by atoms with Crippen LogP contribution in [-0.4, -0.2) is 35.5 Å². The zero-order valence-electron chi connectivity index (χ0n) is 16.3. The summed E-state index contributed by atoms with van der Waals surface area (Å²) in [6.45, 7) is 3.87. The molecule has 0 aliphatic carbocycles. The van der Waals surface area contributed by atoms with Crippen LogP contribution < -0.4 is 4.74 Å². The van der Waals surface area contributed by atoms with Crippen molar-refractivity contribution in [2.75, 3.05) is 14.2 Å². The first-order valence-corrected chi connectivity index (χ1v) is 8.63. The summed E-state index contributed by atoms with van der Waals surface area (Å²) in [5, 5.41) is 30.1. The highest BCUT2D eigenvalue weighted by molar-refractivity contribution is 5.98. The molecule has 6 nitrogen and oxygen atoms in total. The van der Waals surface area contributed by atoms with Crippen molar-refractivity contribution < 1.29 is 29.6 Å². The first-order chi connectivity index (χ1) is 13.3. The topological polar surface area (TPSA) is 96.2 Å². The average Bonchev–Trinajstić information content (AvgIpc) is 2.65. The summed E-state index contributed by atoms with van der Waals surface area (Å²) in [6, 6.07) is 5.80. The van der Waals surface area contributed by atoms with Gasteiger partial charge in [-0.05, 0) is 44.0 Å². The molecule has 0 fully saturated rings. The third-order valence-corrected chi connectivity index (χ3v) is 4.18. The van der Waals surface area contributed by atoms with Crippen LogP contribution in [0.15, 0.2) is 35.9 Å². The van der Waals surface area contributed by atoms with E-state index in [1.54, 1.807) is 18.2 Å². The molecule has 0 atom stereocenters. The number of allylic oxidation sites excluding steroid dienone is 2. The quantitative estimate of drug-likeness (QED) is 0.391. The van der Waals surface area contributed by atoms with Gasteiger partial charge in [-0.25, -0.2) is 4.79 Å². The Labute approximate surface area is 164 Å². The monoisotopic (exact) mass is 384 g/mol. The van der Waals surface area contributed by atoms with E-state index in [0.717, 1.165) is 5.57 Å². The number of rotatable bonds is 6. The molecular weight excluding hydrogens is 360 g/mol. The van der Waals surface area contributed by atoms with Crippen LogP contribution in [0.25, 0.3) is 12.2 Å². The molecular formula is C22H24O6. The van der Waals surface area contributed by atoms with Gasteiger partial charge in [0.2, 0.25) is 0 Å². The van der Waals surface area contributed by atoms with Gasteiger partial charge in [-0.2, -0.15) is 0 Å². The van der Waals surface area contributed by atoms with Crippen molar-refractivity contribution >= 4 is 18.1 Å². The van der Waals surface area contributed by atoms with Crippen molar-refractivity contribution in [3.8, 4) is 23.0 Å². The molecule has 0 amide bonds. The molecule has 0 radical (unpaired) electrons. The summed E-state index contributed by atoms with van der Waals surface area (Å²) >= 11 is 0. The fraction of sp³-hybridized carbons (Fsp3) is 0.227. The average molecular weight is 384 g/mol. The van der Waals surface area contributed by atoms with Gasteiger partial charge >= 0.3 is 5.97 Å². The highest BCUT2D eigenvalue weighted by Crippen LogP contribution is 2.37. The number of carbonyl (C=O) groups is 1. The molecule has 0 unspecified atom stereocenters. The van der Waals surface area contributed by atoms with Gasteiger partial charge in [0.05, 0.1) is 14.2 Å². The number of methoxy groups -OCH3 is 2. The molecule has 0 aromatic heterocycles. The van der Waals surface area contributed by atoms with Crippen LogP contribution in [0.3, 0.4) is 0 Å². The highest BCUT2D eigenvalue weighted by atomic mass is 16.5. The van der Waals surface area contributed by atoms with Gasteiger partial charge in [0, 0.05) is 17.2 Å². The molecule has 3 N–H and O–H groups in total. The van der Waals surface area contributed by atoms with E-state index in [9.17, 15) is 20.1 Å². The van der Waals surface area contributed by atoms with E-state index in [0.29, 0.717) is 28.9 Å². The number of phenolic OH excluding ortho intramolecular Hbond substituents is 3. The predicted octanol–water partition coefficient (Wildman–Crippen LogP) is 4.28. The zero-order chi connectivity index (χ0) is 20.8. The lowest BCUT2D eigenvalue weighted by molar-refractivity contribution is 0.0597. The minimum atomic E-state index is -0.687. The molecule has 0 saturated carbocycles. The van der Waals surface area contributed by atoms with Gasteiger partial charge in [0.15, 0.2) is 0 Å². The van der Waals surface area contributed by atoms with E-state index < -0.39 is 5.97 Å². The molecule has 0 bridgehead atoms. The molecule has 0 saturated heterocycles. The molecule has 2 aromatic rings. The molecule has 0 spiro atoms. The lowest BCUT2D eigenvalue weighted by Gasteiger charge is -2.15. The first-order valence-electron chi connectivity index (χ1n) is 8.63. The Balaban J connectivity index is 2.62. The van der Waals surface area contributed by atoms with E-state index in [-0.39, 0.29) is 22.8 Å². The minimum Gasteiger partial charge on any atom is -0.508 e. The van der Waals surface area contributed by atoms with Gasteiger partial charge in [-0.15, -0.1) is 0 Å². The van der Waals surface area contributed by atoms with E-state index in [1.165, 1.54) is 32.4 Å². The normalized spacial score (nSPS) is 10.7. The molecule has 0 heterocycles. The van der Waals surface area contributed by atoms with Crippen molar-refractivity contribution in [3.05, 3.63) is 58.2 Å². The fourth-order valence-electron chi connectivity index (χ4n) is 2.69. The SMILES string of the molecule is COC(=O)c1c(/C=C\c2ccc(O)cc2O)cc(OC)c(CC=C(C)C)c1O. The molecule has 28 heavy (non-hydrogen) atoms. The standard InChI is InChI=1S/C22H24O6/c1-13(2)5-10-17-19(27-3)11-15(20(21(17)25)22(26)28-4)7-6-14-8-9-16(23)12-18(14)24/h5-9,11-12,23-25H,10H2,1-4H3/b7-6-. The Morgan fingerprint density at radius 1 is 1.04 bits per heavy atom. The smallest absolute Gasteiger partial charge is 0.342 e. The Morgan fingerprint density at radius 2 is 1.71 bits per heavy atom. The Bertz CT molecular complexity index is 937. The highest BCUT2D eigenvalue weighted by Gasteiger charge is 2.22. The van der Waals surface area contributed by atoms with Gasteiger partial charge in [0.1, 0.15) is 28.6 Å². The van der Waals surface area contributed by atoms with Crippen LogP contribution >= 0.6 is 0 Å². The minimum absolute atomic E-state index is 0.00924. The third kappa shape index (κ3) is 4.65. The lowest BCUT2D eigenvalue weighted by Crippen LogP contribution is -2.07. The largest absolute Gasteiger partial charge is 0.508 e. The van der Waals surface area contributed by atoms with Gasteiger partial charge in [0.25, 0.3) is 0 Å². The lowest BCUT2D eigenvalue weighted by atomic mass is 9.97. The molecule has 6 heteroatoms. The van der Waals surface area contributed by atoms with Crippen LogP contribution in [0.2, 0.25) is 0 Å². The number of ether oxygens (including phenoxy) is 2. The number of benzene rings is 2.